The van der Waals surface area contributed by atoms with Crippen LogP contribution in [0.2, 0.25) is 10.0 Å². The summed E-state index contributed by atoms with van der Waals surface area (Å²) < 4.78 is 5.99. The molecule has 0 radical (unpaired) electrons. The van der Waals surface area contributed by atoms with Crippen molar-refractivity contribution in [2.24, 2.45) is 5.73 Å². The van der Waals surface area contributed by atoms with E-state index in [2.05, 4.69) is 0 Å². The fraction of sp³-hybridized carbons (Fsp3) is 0.250. The lowest BCUT2D eigenvalue weighted by Crippen LogP contribution is -2.48. The van der Waals surface area contributed by atoms with Crippen molar-refractivity contribution in [3.8, 4) is 0 Å². The molecule has 0 fully saturated rings. The molecular weight excluding hydrogens is 304 g/mol. The Morgan fingerprint density at radius 3 is 1.86 bits per heavy atom. The van der Waals surface area contributed by atoms with Crippen LogP contribution in [0.4, 0.5) is 0 Å². The highest BCUT2D eigenvalue weighted by molar-refractivity contribution is 6.81. The van der Waals surface area contributed by atoms with E-state index in [0.717, 1.165) is 22.1 Å². The zero-order valence-corrected chi connectivity index (χ0v) is 13.7. The van der Waals surface area contributed by atoms with Crippen LogP contribution < -0.4 is 16.7 Å². The van der Waals surface area contributed by atoms with Gasteiger partial charge >= 0.3 is 6.92 Å². The zero-order chi connectivity index (χ0) is 15.4. The second kappa shape index (κ2) is 7.32. The Kier molecular flexibility index (Phi) is 5.71. The largest absolute Gasteiger partial charge is 0.426 e. The molecule has 0 spiro atoms. The van der Waals surface area contributed by atoms with Gasteiger partial charge in [0, 0.05) is 23.2 Å². The molecular formula is C16H18BCl2NO. The van der Waals surface area contributed by atoms with Crippen molar-refractivity contribution in [3.63, 3.8) is 0 Å². The van der Waals surface area contributed by atoms with E-state index in [9.17, 15) is 0 Å². The van der Waals surface area contributed by atoms with E-state index >= 15 is 0 Å². The van der Waals surface area contributed by atoms with Crippen molar-refractivity contribution >= 4 is 41.0 Å². The molecule has 0 aliphatic heterocycles. The molecule has 0 aromatic heterocycles. The molecule has 0 atom stereocenters. The van der Waals surface area contributed by atoms with Crippen molar-refractivity contribution in [1.29, 1.82) is 0 Å². The first-order valence-corrected chi connectivity index (χ1v) is 7.62. The van der Waals surface area contributed by atoms with Gasteiger partial charge in [-0.3, -0.25) is 0 Å². The van der Waals surface area contributed by atoms with Gasteiger partial charge in [0.1, 0.15) is 0 Å². The van der Waals surface area contributed by atoms with Gasteiger partial charge in [-0.1, -0.05) is 46.5 Å². The first-order chi connectivity index (χ1) is 10.0. The number of rotatable bonds is 5. The third-order valence-corrected chi connectivity index (χ3v) is 3.92. The zero-order valence-electron chi connectivity index (χ0n) is 12.2. The van der Waals surface area contributed by atoms with Crippen LogP contribution >= 0.6 is 23.2 Å². The summed E-state index contributed by atoms with van der Waals surface area (Å²) in [6.07, 6.45) is 0. The summed E-state index contributed by atoms with van der Waals surface area (Å²) in [7, 11) is 0. The summed E-state index contributed by atoms with van der Waals surface area (Å²) in [4.78, 5) is 0. The molecule has 21 heavy (non-hydrogen) atoms. The Bertz CT molecular complexity index is 582. The van der Waals surface area contributed by atoms with Crippen LogP contribution in [0.15, 0.2) is 36.4 Å². The summed E-state index contributed by atoms with van der Waals surface area (Å²) in [5, 5.41) is 1.38. The summed E-state index contributed by atoms with van der Waals surface area (Å²) in [5.74, 6) is 0. The van der Waals surface area contributed by atoms with Crippen LogP contribution in [-0.2, 0) is 4.65 Å². The lowest BCUT2D eigenvalue weighted by molar-refractivity contribution is 0.344. The highest BCUT2D eigenvalue weighted by Gasteiger charge is 2.25. The van der Waals surface area contributed by atoms with Gasteiger partial charge < -0.3 is 10.4 Å². The number of halogens is 2. The quantitative estimate of drug-likeness (QED) is 0.859. The first-order valence-electron chi connectivity index (χ1n) is 6.86. The van der Waals surface area contributed by atoms with Crippen LogP contribution in [-0.4, -0.2) is 20.1 Å². The Morgan fingerprint density at radius 1 is 0.952 bits per heavy atom. The maximum Gasteiger partial charge on any atom is 0.362 e. The lowest BCUT2D eigenvalue weighted by Gasteiger charge is -2.19. The van der Waals surface area contributed by atoms with Gasteiger partial charge in [-0.2, -0.15) is 0 Å². The van der Waals surface area contributed by atoms with Crippen LogP contribution in [0, 0.1) is 13.8 Å². The van der Waals surface area contributed by atoms with Gasteiger partial charge in [0.05, 0.1) is 0 Å². The minimum atomic E-state index is -0.217. The molecule has 0 aliphatic carbocycles. The van der Waals surface area contributed by atoms with E-state index in [0.29, 0.717) is 23.2 Å². The smallest absolute Gasteiger partial charge is 0.362 e. The second-order valence-electron chi connectivity index (χ2n) is 5.04. The van der Waals surface area contributed by atoms with E-state index < -0.39 is 0 Å². The second-order valence-corrected chi connectivity index (χ2v) is 5.91. The van der Waals surface area contributed by atoms with Crippen molar-refractivity contribution in [1.82, 2.24) is 0 Å². The lowest BCUT2D eigenvalue weighted by atomic mass is 9.53. The molecule has 0 amide bonds. The predicted molar refractivity (Wildman–Crippen MR) is 92.4 cm³/mol. The number of hydrogen-bond acceptors (Lipinski definition) is 2. The minimum Gasteiger partial charge on any atom is -0.426 e. The molecule has 0 aliphatic rings. The molecule has 0 heterocycles. The summed E-state index contributed by atoms with van der Waals surface area (Å²) in [6, 6.07) is 11.6. The highest BCUT2D eigenvalue weighted by atomic mass is 35.5. The number of aryl methyl sites for hydroxylation is 2. The maximum absolute atomic E-state index is 6.15. The fourth-order valence-corrected chi connectivity index (χ4v) is 2.68. The van der Waals surface area contributed by atoms with Gasteiger partial charge in [-0.25, -0.2) is 0 Å². The van der Waals surface area contributed by atoms with E-state index in [1.165, 1.54) is 0 Å². The van der Waals surface area contributed by atoms with Gasteiger partial charge in [0.25, 0.3) is 0 Å². The van der Waals surface area contributed by atoms with Crippen molar-refractivity contribution in [3.05, 3.63) is 57.6 Å². The first kappa shape index (κ1) is 16.4. The van der Waals surface area contributed by atoms with Gasteiger partial charge in [0.15, 0.2) is 0 Å². The van der Waals surface area contributed by atoms with Crippen molar-refractivity contribution in [2.45, 2.75) is 13.8 Å². The molecule has 0 bridgehead atoms. The van der Waals surface area contributed by atoms with Crippen LogP contribution in [0.25, 0.3) is 0 Å². The molecule has 2 N–H and O–H groups in total. The van der Waals surface area contributed by atoms with Crippen molar-refractivity contribution < 1.29 is 4.65 Å². The Morgan fingerprint density at radius 2 is 1.43 bits per heavy atom. The molecule has 2 nitrogen and oxygen atoms in total. The molecule has 2 rings (SSSR count). The van der Waals surface area contributed by atoms with Gasteiger partial charge in [-0.05, 0) is 49.0 Å². The molecule has 0 saturated heterocycles. The Hall–Kier alpha value is -0.995. The third kappa shape index (κ3) is 4.01. The van der Waals surface area contributed by atoms with Gasteiger partial charge in [-0.15, -0.1) is 0 Å². The summed E-state index contributed by atoms with van der Waals surface area (Å²) >= 11 is 12.3. The molecule has 0 saturated carbocycles. The third-order valence-electron chi connectivity index (χ3n) is 3.45. The standard InChI is InChI=1S/C16H18BCl2NO/c1-11-3-5-13(18)9-15(11)17(21-8-7-20)16-10-14(19)6-4-12(16)2/h3-6,9-10H,7-8,20H2,1-2H3. The van der Waals surface area contributed by atoms with E-state index in [4.69, 9.17) is 33.6 Å². The predicted octanol–water partition coefficient (Wildman–Crippen LogP) is 2.69. The SMILES string of the molecule is Cc1ccc(Cl)cc1B(OCCN)c1cc(Cl)ccc1C. The average molecular weight is 322 g/mol. The normalized spacial score (nSPS) is 10.7. The molecule has 2 aromatic rings. The number of hydrogen-bond donors (Lipinski definition) is 1. The molecule has 5 heteroatoms. The highest BCUT2D eigenvalue weighted by Crippen LogP contribution is 2.12. The topological polar surface area (TPSA) is 35.2 Å². The number of nitrogens with two attached hydrogens (primary N) is 1. The fourth-order valence-electron chi connectivity index (χ4n) is 2.32. The minimum absolute atomic E-state index is 0.217. The van der Waals surface area contributed by atoms with Gasteiger partial charge in [0.2, 0.25) is 0 Å². The van der Waals surface area contributed by atoms with Crippen LogP contribution in [0.1, 0.15) is 11.1 Å². The van der Waals surface area contributed by atoms with E-state index in [1.807, 2.05) is 50.2 Å². The molecule has 110 valence electrons. The van der Waals surface area contributed by atoms with Crippen LogP contribution in [0.3, 0.4) is 0 Å². The Labute approximate surface area is 136 Å². The Balaban J connectivity index is 2.52. The van der Waals surface area contributed by atoms with Crippen LogP contribution in [0.5, 0.6) is 0 Å². The monoisotopic (exact) mass is 321 g/mol. The molecule has 2 aromatic carbocycles. The number of benzene rings is 2. The van der Waals surface area contributed by atoms with E-state index in [1.54, 1.807) is 0 Å². The van der Waals surface area contributed by atoms with E-state index in [-0.39, 0.29) is 6.92 Å². The average Bonchev–Trinajstić information content (AvgIpc) is 2.46. The molecule has 0 unspecified atom stereocenters. The summed E-state index contributed by atoms with van der Waals surface area (Å²) in [5.41, 5.74) is 9.93. The van der Waals surface area contributed by atoms with Crippen molar-refractivity contribution in [2.75, 3.05) is 13.2 Å². The maximum atomic E-state index is 6.15. The summed E-state index contributed by atoms with van der Waals surface area (Å²) in [6.45, 7) is 4.82.